The summed E-state index contributed by atoms with van der Waals surface area (Å²) in [5.41, 5.74) is 0.212. The van der Waals surface area contributed by atoms with Crippen molar-refractivity contribution in [3.05, 3.63) is 44.8 Å². The normalized spacial score (nSPS) is 10.9. The van der Waals surface area contributed by atoms with Crippen molar-refractivity contribution in [1.29, 1.82) is 5.26 Å². The second-order valence-electron chi connectivity index (χ2n) is 3.47. The predicted molar refractivity (Wildman–Crippen MR) is 72.2 cm³/mol. The van der Waals surface area contributed by atoms with Gasteiger partial charge in [-0.3, -0.25) is 10.1 Å². The van der Waals surface area contributed by atoms with Crippen LogP contribution in [0.3, 0.4) is 0 Å². The van der Waals surface area contributed by atoms with Gasteiger partial charge in [-0.2, -0.15) is 10.5 Å². The highest BCUT2D eigenvalue weighted by molar-refractivity contribution is 9.10. The Hall–Kier alpha value is -2.80. The Morgan fingerprint density at radius 1 is 1.60 bits per heavy atom. The van der Waals surface area contributed by atoms with Gasteiger partial charge in [0.1, 0.15) is 17.3 Å². The molecule has 0 aliphatic carbocycles. The van der Waals surface area contributed by atoms with Gasteiger partial charge >= 0.3 is 0 Å². The first-order chi connectivity index (χ1) is 9.61. The number of aromatic amines is 1. The van der Waals surface area contributed by atoms with Crippen molar-refractivity contribution in [1.82, 2.24) is 20.6 Å². The zero-order valence-corrected chi connectivity index (χ0v) is 11.3. The van der Waals surface area contributed by atoms with Crippen LogP contribution in [0.2, 0.25) is 0 Å². The van der Waals surface area contributed by atoms with Crippen molar-refractivity contribution in [2.24, 2.45) is 0 Å². The molecule has 0 saturated carbocycles. The lowest BCUT2D eigenvalue weighted by Crippen LogP contribution is -1.97. The van der Waals surface area contributed by atoms with Crippen LogP contribution in [-0.4, -0.2) is 25.5 Å². The Labute approximate surface area is 120 Å². The topological polar surface area (TPSA) is 133 Å². The van der Waals surface area contributed by atoms with Crippen LogP contribution in [0.4, 0.5) is 11.4 Å². The molecule has 2 N–H and O–H groups in total. The third kappa shape index (κ3) is 2.96. The van der Waals surface area contributed by atoms with Gasteiger partial charge in [0, 0.05) is 16.7 Å². The van der Waals surface area contributed by atoms with Crippen molar-refractivity contribution in [2.45, 2.75) is 0 Å². The van der Waals surface area contributed by atoms with E-state index in [4.69, 9.17) is 5.26 Å². The van der Waals surface area contributed by atoms with Gasteiger partial charge in [-0.1, -0.05) is 15.9 Å². The van der Waals surface area contributed by atoms with E-state index in [9.17, 15) is 10.1 Å². The van der Waals surface area contributed by atoms with Crippen LogP contribution in [0, 0.1) is 21.4 Å². The van der Waals surface area contributed by atoms with Crippen molar-refractivity contribution < 1.29 is 4.92 Å². The van der Waals surface area contributed by atoms with Gasteiger partial charge < -0.3 is 5.32 Å². The van der Waals surface area contributed by atoms with Gasteiger partial charge in [0.2, 0.25) is 5.82 Å². The van der Waals surface area contributed by atoms with Gasteiger partial charge in [0.05, 0.1) is 4.92 Å². The Morgan fingerprint density at radius 3 is 3.00 bits per heavy atom. The number of halogens is 1. The number of tetrazole rings is 1. The minimum atomic E-state index is -0.525. The largest absolute Gasteiger partial charge is 0.355 e. The van der Waals surface area contributed by atoms with Gasteiger partial charge in [0.25, 0.3) is 5.69 Å². The molecule has 2 rings (SSSR count). The summed E-state index contributed by atoms with van der Waals surface area (Å²) in [7, 11) is 0. The number of nitrogens with zero attached hydrogens (tertiary/aromatic N) is 5. The summed E-state index contributed by atoms with van der Waals surface area (Å²) in [5.74, 6) is 0.0950. The maximum Gasteiger partial charge on any atom is 0.292 e. The quantitative estimate of drug-likeness (QED) is 0.494. The van der Waals surface area contributed by atoms with Crippen molar-refractivity contribution in [3.63, 3.8) is 0 Å². The van der Waals surface area contributed by atoms with Crippen LogP contribution in [-0.2, 0) is 0 Å². The van der Waals surface area contributed by atoms with E-state index < -0.39 is 4.92 Å². The number of aromatic nitrogens is 4. The number of H-pyrrole nitrogens is 1. The molecule has 0 fully saturated rings. The molecule has 0 amide bonds. The Balaban J connectivity index is 2.33. The Morgan fingerprint density at radius 2 is 2.40 bits per heavy atom. The Kier molecular flexibility index (Phi) is 4.02. The fourth-order valence-corrected chi connectivity index (χ4v) is 1.72. The number of rotatable bonds is 4. The molecule has 0 saturated heterocycles. The summed E-state index contributed by atoms with van der Waals surface area (Å²) in [6.45, 7) is 0. The zero-order chi connectivity index (χ0) is 14.5. The minimum absolute atomic E-state index is 0.0908. The van der Waals surface area contributed by atoms with Crippen molar-refractivity contribution in [2.75, 3.05) is 5.32 Å². The molecular weight excluding hydrogens is 330 g/mol. The highest BCUT2D eigenvalue weighted by atomic mass is 79.9. The molecule has 0 unspecified atom stereocenters. The van der Waals surface area contributed by atoms with Crippen molar-refractivity contribution in [3.8, 4) is 6.07 Å². The van der Waals surface area contributed by atoms with Crippen LogP contribution in [0.5, 0.6) is 0 Å². The standard InChI is InChI=1S/C10H6BrN7O2/c11-7-1-2-9(18(19)20)8(3-7)13-5-6(4-12)10-14-16-17-15-10/h1-3,5,13H,(H,14,15,16,17). The first kappa shape index (κ1) is 13.6. The van der Waals surface area contributed by atoms with Crippen LogP contribution < -0.4 is 5.32 Å². The first-order valence-corrected chi connectivity index (χ1v) is 5.95. The average molecular weight is 336 g/mol. The van der Waals surface area contributed by atoms with Gasteiger partial charge in [-0.25, -0.2) is 0 Å². The van der Waals surface area contributed by atoms with Crippen LogP contribution >= 0.6 is 15.9 Å². The van der Waals surface area contributed by atoms with Gasteiger partial charge in [-0.15, -0.1) is 10.2 Å². The maximum atomic E-state index is 10.9. The Bertz CT molecular complexity index is 705. The molecule has 0 aliphatic heterocycles. The number of benzene rings is 1. The van der Waals surface area contributed by atoms with E-state index in [1.807, 2.05) is 6.07 Å². The van der Waals surface area contributed by atoms with E-state index in [0.29, 0.717) is 4.47 Å². The molecule has 100 valence electrons. The average Bonchev–Trinajstić information content (AvgIpc) is 2.93. The first-order valence-electron chi connectivity index (χ1n) is 5.16. The summed E-state index contributed by atoms with van der Waals surface area (Å²) in [6, 6.07) is 6.30. The highest BCUT2D eigenvalue weighted by Crippen LogP contribution is 2.28. The fourth-order valence-electron chi connectivity index (χ4n) is 1.36. The molecule has 1 aromatic carbocycles. The molecule has 10 heteroatoms. The van der Waals surface area contributed by atoms with E-state index >= 15 is 0 Å². The molecular formula is C10H6BrN7O2. The number of hydrogen-bond acceptors (Lipinski definition) is 7. The summed E-state index contributed by atoms with van der Waals surface area (Å²) in [6.07, 6.45) is 1.28. The molecule has 0 atom stereocenters. The number of nitro groups is 1. The summed E-state index contributed by atoms with van der Waals surface area (Å²) >= 11 is 3.22. The molecule has 1 aromatic heterocycles. The molecule has 2 aromatic rings. The molecule has 0 bridgehead atoms. The maximum absolute atomic E-state index is 10.9. The summed E-state index contributed by atoms with van der Waals surface area (Å²) in [5, 5.41) is 35.4. The molecule has 9 nitrogen and oxygen atoms in total. The van der Waals surface area contributed by atoms with E-state index in [-0.39, 0.29) is 22.8 Å². The number of nitriles is 1. The van der Waals surface area contributed by atoms with Crippen molar-refractivity contribution >= 4 is 32.9 Å². The minimum Gasteiger partial charge on any atom is -0.355 e. The van der Waals surface area contributed by atoms with Crippen LogP contribution in [0.25, 0.3) is 5.57 Å². The number of nitrogens with one attached hydrogen (secondary N) is 2. The molecule has 0 spiro atoms. The number of nitro benzene ring substituents is 1. The summed E-state index contributed by atoms with van der Waals surface area (Å²) in [4.78, 5) is 10.4. The monoisotopic (exact) mass is 335 g/mol. The number of allylic oxidation sites excluding steroid dienone is 1. The molecule has 0 radical (unpaired) electrons. The smallest absolute Gasteiger partial charge is 0.292 e. The van der Waals surface area contributed by atoms with E-state index in [1.54, 1.807) is 6.07 Å². The van der Waals surface area contributed by atoms with E-state index in [1.165, 1.54) is 18.3 Å². The lowest BCUT2D eigenvalue weighted by Gasteiger charge is -2.03. The second kappa shape index (κ2) is 5.89. The number of hydrogen-bond donors (Lipinski definition) is 2. The van der Waals surface area contributed by atoms with Gasteiger partial charge in [-0.05, 0) is 17.3 Å². The lowest BCUT2D eigenvalue weighted by molar-refractivity contribution is -0.383. The predicted octanol–water partition coefficient (Wildman–Crippen LogP) is 1.85. The van der Waals surface area contributed by atoms with E-state index in [0.717, 1.165) is 0 Å². The fraction of sp³-hybridized carbons (Fsp3) is 0. The third-order valence-corrected chi connectivity index (χ3v) is 2.73. The SMILES string of the molecule is N#CC(=CNc1cc(Br)ccc1[N+](=O)[O-])c1nn[nH]n1. The molecule has 1 heterocycles. The van der Waals surface area contributed by atoms with Crippen LogP contribution in [0.15, 0.2) is 28.9 Å². The zero-order valence-electron chi connectivity index (χ0n) is 9.74. The molecule has 20 heavy (non-hydrogen) atoms. The second-order valence-corrected chi connectivity index (χ2v) is 4.38. The van der Waals surface area contributed by atoms with Crippen LogP contribution in [0.1, 0.15) is 5.82 Å². The summed E-state index contributed by atoms with van der Waals surface area (Å²) < 4.78 is 0.664. The third-order valence-electron chi connectivity index (χ3n) is 2.23. The van der Waals surface area contributed by atoms with Gasteiger partial charge in [0.15, 0.2) is 0 Å². The lowest BCUT2D eigenvalue weighted by atomic mass is 10.2. The number of anilines is 1. The highest BCUT2D eigenvalue weighted by Gasteiger charge is 2.13. The van der Waals surface area contributed by atoms with E-state index in [2.05, 4.69) is 41.9 Å². The molecule has 0 aliphatic rings.